The van der Waals surface area contributed by atoms with Gasteiger partial charge in [0.25, 0.3) is 0 Å². The van der Waals surface area contributed by atoms with Crippen LogP contribution < -0.4 is 10.5 Å². The summed E-state index contributed by atoms with van der Waals surface area (Å²) >= 11 is 6.91. The van der Waals surface area contributed by atoms with Gasteiger partial charge >= 0.3 is 0 Å². The zero-order chi connectivity index (χ0) is 14.1. The van der Waals surface area contributed by atoms with E-state index in [2.05, 4.69) is 36.8 Å². The Balaban J connectivity index is 2.09. The number of nitrogens with zero attached hydrogens (tertiary/aromatic N) is 1. The molecule has 0 fully saturated rings. The Hall–Kier alpha value is -1.59. The Morgan fingerprint density at radius 3 is 2.65 bits per heavy atom. The maximum Gasteiger partial charge on any atom is 0.141 e. The van der Waals surface area contributed by atoms with Gasteiger partial charge in [0.1, 0.15) is 11.5 Å². The summed E-state index contributed by atoms with van der Waals surface area (Å²) in [5.74, 6) is 1.47. The predicted molar refractivity (Wildman–Crippen MR) is 88.1 cm³/mol. The van der Waals surface area contributed by atoms with Crippen molar-refractivity contribution in [3.05, 3.63) is 57.6 Å². The van der Waals surface area contributed by atoms with E-state index in [0.717, 1.165) is 31.3 Å². The van der Waals surface area contributed by atoms with E-state index in [-0.39, 0.29) is 0 Å². The van der Waals surface area contributed by atoms with Gasteiger partial charge in [0.05, 0.1) is 15.7 Å². The molecule has 5 heteroatoms. The van der Waals surface area contributed by atoms with Crippen LogP contribution in [-0.2, 0) is 0 Å². The normalized spacial score (nSPS) is 10.7. The lowest BCUT2D eigenvalue weighted by atomic mass is 10.2. The van der Waals surface area contributed by atoms with Gasteiger partial charge in [0.15, 0.2) is 0 Å². The smallest absolute Gasteiger partial charge is 0.141 e. The standard InChI is InChI=1S/C15H10Br2N2O/c16-9-4-5-14(11(17)8-9)20-13-6-7-19-15-10(13)2-1-3-12(15)18/h1-8H,18H2. The van der Waals surface area contributed by atoms with Crippen LogP contribution in [0.25, 0.3) is 10.9 Å². The average molecular weight is 394 g/mol. The van der Waals surface area contributed by atoms with Gasteiger partial charge in [-0.3, -0.25) is 4.98 Å². The quantitative estimate of drug-likeness (QED) is 0.613. The van der Waals surface area contributed by atoms with Gasteiger partial charge in [-0.25, -0.2) is 0 Å². The Morgan fingerprint density at radius 1 is 1.00 bits per heavy atom. The summed E-state index contributed by atoms with van der Waals surface area (Å²) in [6.45, 7) is 0. The molecule has 0 aliphatic rings. The molecule has 0 atom stereocenters. The van der Waals surface area contributed by atoms with E-state index in [1.807, 2.05) is 42.5 Å². The summed E-state index contributed by atoms with van der Waals surface area (Å²) < 4.78 is 7.83. The summed E-state index contributed by atoms with van der Waals surface area (Å²) in [6.07, 6.45) is 1.70. The largest absolute Gasteiger partial charge is 0.455 e. The number of ether oxygens (including phenoxy) is 1. The van der Waals surface area contributed by atoms with Crippen LogP contribution in [0.2, 0.25) is 0 Å². The number of nitrogens with two attached hydrogens (primary N) is 1. The molecule has 0 unspecified atom stereocenters. The number of anilines is 1. The van der Waals surface area contributed by atoms with Gasteiger partial charge in [0.2, 0.25) is 0 Å². The third-order valence-corrected chi connectivity index (χ3v) is 3.99. The molecule has 20 heavy (non-hydrogen) atoms. The lowest BCUT2D eigenvalue weighted by Crippen LogP contribution is -1.92. The molecule has 0 aliphatic heterocycles. The fraction of sp³-hybridized carbons (Fsp3) is 0. The number of rotatable bonds is 2. The molecule has 100 valence electrons. The molecule has 3 rings (SSSR count). The summed E-state index contributed by atoms with van der Waals surface area (Å²) in [4.78, 5) is 4.30. The fourth-order valence-electron chi connectivity index (χ4n) is 1.94. The van der Waals surface area contributed by atoms with Crippen molar-refractivity contribution < 1.29 is 4.74 Å². The maximum absolute atomic E-state index is 5.97. The predicted octanol–water partition coefficient (Wildman–Crippen LogP) is 5.13. The van der Waals surface area contributed by atoms with Crippen molar-refractivity contribution in [1.82, 2.24) is 4.98 Å². The molecule has 2 aromatic carbocycles. The maximum atomic E-state index is 5.97. The molecule has 2 N–H and O–H groups in total. The van der Waals surface area contributed by atoms with Gasteiger partial charge < -0.3 is 10.5 Å². The average Bonchev–Trinajstić information content (AvgIpc) is 2.43. The molecular formula is C15H10Br2N2O. The number of hydrogen-bond donors (Lipinski definition) is 1. The minimum Gasteiger partial charge on any atom is -0.455 e. The van der Waals surface area contributed by atoms with Crippen LogP contribution in [0.3, 0.4) is 0 Å². The van der Waals surface area contributed by atoms with Gasteiger partial charge in [-0.15, -0.1) is 0 Å². The second-order valence-corrected chi connectivity index (χ2v) is 6.00. The highest BCUT2D eigenvalue weighted by molar-refractivity contribution is 9.11. The van der Waals surface area contributed by atoms with Crippen LogP contribution in [0.5, 0.6) is 11.5 Å². The molecule has 1 heterocycles. The van der Waals surface area contributed by atoms with Gasteiger partial charge in [-0.2, -0.15) is 0 Å². The van der Waals surface area contributed by atoms with Crippen molar-refractivity contribution in [1.29, 1.82) is 0 Å². The zero-order valence-corrected chi connectivity index (χ0v) is 13.5. The van der Waals surface area contributed by atoms with Crippen LogP contribution >= 0.6 is 31.9 Å². The molecule has 0 spiro atoms. The number of halogens is 2. The molecule has 0 aliphatic carbocycles. The van der Waals surface area contributed by atoms with Crippen LogP contribution in [-0.4, -0.2) is 4.98 Å². The summed E-state index contributed by atoms with van der Waals surface area (Å²) in [5.41, 5.74) is 7.32. The van der Waals surface area contributed by atoms with Crippen molar-refractivity contribution in [2.75, 3.05) is 5.73 Å². The first kappa shape index (κ1) is 13.4. The number of fused-ring (bicyclic) bond motifs is 1. The van der Waals surface area contributed by atoms with E-state index in [1.54, 1.807) is 6.20 Å². The lowest BCUT2D eigenvalue weighted by Gasteiger charge is -2.11. The molecule has 0 amide bonds. The Kier molecular flexibility index (Phi) is 3.63. The number of hydrogen-bond acceptors (Lipinski definition) is 3. The van der Waals surface area contributed by atoms with E-state index in [4.69, 9.17) is 10.5 Å². The molecule has 0 radical (unpaired) electrons. The minimum absolute atomic E-state index is 0.642. The van der Waals surface area contributed by atoms with E-state index in [0.29, 0.717) is 5.69 Å². The molecule has 1 aromatic heterocycles. The highest BCUT2D eigenvalue weighted by Gasteiger charge is 2.08. The molecule has 3 aromatic rings. The van der Waals surface area contributed by atoms with Crippen molar-refractivity contribution >= 4 is 48.5 Å². The van der Waals surface area contributed by atoms with Crippen LogP contribution in [0.4, 0.5) is 5.69 Å². The first-order valence-electron chi connectivity index (χ1n) is 5.91. The number of benzene rings is 2. The van der Waals surface area contributed by atoms with E-state index in [1.165, 1.54) is 0 Å². The molecule has 0 bridgehead atoms. The first-order chi connectivity index (χ1) is 9.65. The van der Waals surface area contributed by atoms with Gasteiger partial charge in [0, 0.05) is 16.1 Å². The zero-order valence-electron chi connectivity index (χ0n) is 10.3. The van der Waals surface area contributed by atoms with Gasteiger partial charge in [-0.05, 0) is 52.3 Å². The third-order valence-electron chi connectivity index (χ3n) is 2.88. The van der Waals surface area contributed by atoms with Crippen molar-refractivity contribution in [2.45, 2.75) is 0 Å². The lowest BCUT2D eigenvalue weighted by molar-refractivity contribution is 0.484. The minimum atomic E-state index is 0.642. The Morgan fingerprint density at radius 2 is 1.85 bits per heavy atom. The van der Waals surface area contributed by atoms with Crippen LogP contribution in [0.1, 0.15) is 0 Å². The van der Waals surface area contributed by atoms with Crippen LogP contribution in [0, 0.1) is 0 Å². The molecule has 0 saturated heterocycles. The monoisotopic (exact) mass is 392 g/mol. The Labute approximate surface area is 133 Å². The first-order valence-corrected chi connectivity index (χ1v) is 7.50. The topological polar surface area (TPSA) is 48.1 Å². The van der Waals surface area contributed by atoms with Crippen LogP contribution in [0.15, 0.2) is 57.6 Å². The molecule has 0 saturated carbocycles. The summed E-state index contributed by atoms with van der Waals surface area (Å²) in [5, 5.41) is 0.891. The van der Waals surface area contributed by atoms with E-state index < -0.39 is 0 Å². The Bertz CT molecular complexity index is 790. The highest BCUT2D eigenvalue weighted by atomic mass is 79.9. The fourth-order valence-corrected chi connectivity index (χ4v) is 3.07. The summed E-state index contributed by atoms with van der Waals surface area (Å²) in [7, 11) is 0. The second kappa shape index (κ2) is 5.42. The number of para-hydroxylation sites is 1. The molecule has 3 nitrogen and oxygen atoms in total. The number of nitrogen functional groups attached to an aromatic ring is 1. The van der Waals surface area contributed by atoms with E-state index in [9.17, 15) is 0 Å². The van der Waals surface area contributed by atoms with Crippen molar-refractivity contribution in [3.63, 3.8) is 0 Å². The number of aromatic nitrogens is 1. The second-order valence-electron chi connectivity index (χ2n) is 4.23. The molecular weight excluding hydrogens is 384 g/mol. The van der Waals surface area contributed by atoms with Crippen molar-refractivity contribution in [3.8, 4) is 11.5 Å². The van der Waals surface area contributed by atoms with E-state index >= 15 is 0 Å². The SMILES string of the molecule is Nc1cccc2c(Oc3ccc(Br)cc3Br)ccnc12. The summed E-state index contributed by atoms with van der Waals surface area (Å²) in [6, 6.07) is 13.3. The van der Waals surface area contributed by atoms with Gasteiger partial charge in [-0.1, -0.05) is 22.0 Å². The highest BCUT2D eigenvalue weighted by Crippen LogP contribution is 2.35. The van der Waals surface area contributed by atoms with Crippen molar-refractivity contribution in [2.24, 2.45) is 0 Å². The number of pyridine rings is 1. The third kappa shape index (κ3) is 2.51.